The minimum Gasteiger partial charge on any atom is -0.356 e. The first kappa shape index (κ1) is 18.9. The Morgan fingerprint density at radius 2 is 1.90 bits per heavy atom. The van der Waals surface area contributed by atoms with Gasteiger partial charge in [0, 0.05) is 29.6 Å². The molecule has 2 aromatic carbocycles. The van der Waals surface area contributed by atoms with Crippen LogP contribution in [0.5, 0.6) is 0 Å². The minimum atomic E-state index is -0.456. The van der Waals surface area contributed by atoms with Gasteiger partial charge in [-0.2, -0.15) is 0 Å². The number of aryl methyl sites for hydroxylation is 1. The third-order valence-corrected chi connectivity index (χ3v) is 6.29. The van der Waals surface area contributed by atoms with Crippen molar-refractivity contribution >= 4 is 22.7 Å². The van der Waals surface area contributed by atoms with Gasteiger partial charge in [-0.05, 0) is 30.0 Å². The van der Waals surface area contributed by atoms with Gasteiger partial charge in [0.25, 0.3) is 0 Å². The molecule has 0 unspecified atom stereocenters. The second-order valence-electron chi connectivity index (χ2n) is 9.01. The van der Waals surface area contributed by atoms with E-state index in [4.69, 9.17) is 0 Å². The molecule has 0 bridgehead atoms. The van der Waals surface area contributed by atoms with Crippen molar-refractivity contribution in [1.29, 1.82) is 0 Å². The Hall–Kier alpha value is -3.08. The van der Waals surface area contributed by atoms with E-state index in [0.29, 0.717) is 18.9 Å². The van der Waals surface area contributed by atoms with Crippen molar-refractivity contribution in [3.8, 4) is 0 Å². The lowest BCUT2D eigenvalue weighted by molar-refractivity contribution is -0.159. The van der Waals surface area contributed by atoms with Gasteiger partial charge in [0.1, 0.15) is 6.04 Å². The van der Waals surface area contributed by atoms with E-state index in [-0.39, 0.29) is 24.4 Å². The van der Waals surface area contributed by atoms with Crippen molar-refractivity contribution in [2.75, 3.05) is 13.1 Å². The number of carbonyl (C=O) groups excluding carboxylic acids is 2. The second-order valence-corrected chi connectivity index (χ2v) is 9.01. The number of hydrogen-bond acceptors (Lipinski definition) is 2. The number of H-pyrrole nitrogens is 1. The molecule has 3 heterocycles. The molecule has 2 aliphatic rings. The van der Waals surface area contributed by atoms with Gasteiger partial charge >= 0.3 is 0 Å². The summed E-state index contributed by atoms with van der Waals surface area (Å²) < 4.78 is 0. The van der Waals surface area contributed by atoms with Crippen LogP contribution in [0.2, 0.25) is 0 Å². The van der Waals surface area contributed by atoms with E-state index >= 15 is 0 Å². The fourth-order valence-corrected chi connectivity index (χ4v) is 5.11. The number of fused-ring (bicyclic) bond motifs is 4. The lowest BCUT2D eigenvalue weighted by atomic mass is 9.85. The van der Waals surface area contributed by atoms with Crippen LogP contribution in [-0.2, 0) is 16.0 Å². The lowest BCUT2D eigenvalue weighted by Crippen LogP contribution is -2.63. The number of amides is 2. The van der Waals surface area contributed by atoms with E-state index < -0.39 is 6.04 Å². The first-order chi connectivity index (χ1) is 14.4. The van der Waals surface area contributed by atoms with E-state index in [2.05, 4.69) is 56.1 Å². The zero-order chi connectivity index (χ0) is 21.0. The number of para-hydroxylation sites is 1. The number of carbonyl (C=O) groups is 2. The Bertz CT molecular complexity index is 1150. The predicted octanol–water partition coefficient (Wildman–Crippen LogP) is 3.82. The van der Waals surface area contributed by atoms with Crippen LogP contribution < -0.4 is 0 Å². The summed E-state index contributed by atoms with van der Waals surface area (Å²) in [7, 11) is 0. The van der Waals surface area contributed by atoms with E-state index in [1.165, 1.54) is 0 Å². The fourth-order valence-electron chi connectivity index (χ4n) is 5.11. The van der Waals surface area contributed by atoms with Gasteiger partial charge in [0.05, 0.1) is 12.6 Å². The van der Waals surface area contributed by atoms with Crippen LogP contribution in [0.15, 0.2) is 48.5 Å². The quantitative estimate of drug-likeness (QED) is 0.725. The van der Waals surface area contributed by atoms with Crippen molar-refractivity contribution in [3.63, 3.8) is 0 Å². The maximum atomic E-state index is 13.5. The van der Waals surface area contributed by atoms with Crippen LogP contribution in [0, 0.1) is 12.8 Å². The average molecular weight is 402 g/mol. The number of nitrogens with one attached hydrogen (secondary N) is 1. The Kier molecular flexibility index (Phi) is 4.42. The van der Waals surface area contributed by atoms with Crippen molar-refractivity contribution in [3.05, 3.63) is 70.9 Å². The number of nitrogens with zero attached hydrogens (tertiary/aromatic N) is 2. The van der Waals surface area contributed by atoms with E-state index in [0.717, 1.165) is 33.3 Å². The number of rotatable bonds is 3. The third-order valence-electron chi connectivity index (χ3n) is 6.29. The molecule has 2 aliphatic heterocycles. The summed E-state index contributed by atoms with van der Waals surface area (Å²) in [6.07, 6.45) is 0.556. The summed E-state index contributed by atoms with van der Waals surface area (Å²) in [5, 5.41) is 1.14. The smallest absolute Gasteiger partial charge is 0.246 e. The predicted molar refractivity (Wildman–Crippen MR) is 117 cm³/mol. The zero-order valence-corrected chi connectivity index (χ0v) is 17.7. The van der Waals surface area contributed by atoms with Crippen LogP contribution in [-0.4, -0.2) is 45.7 Å². The second kappa shape index (κ2) is 7.01. The van der Waals surface area contributed by atoms with Crippen molar-refractivity contribution < 1.29 is 9.59 Å². The van der Waals surface area contributed by atoms with E-state index in [1.807, 2.05) is 23.1 Å². The molecular weight excluding hydrogens is 374 g/mol. The van der Waals surface area contributed by atoms with Gasteiger partial charge in [-0.1, -0.05) is 61.9 Å². The highest BCUT2D eigenvalue weighted by molar-refractivity contribution is 5.97. The molecule has 0 saturated carbocycles. The average Bonchev–Trinajstić information content (AvgIpc) is 3.08. The van der Waals surface area contributed by atoms with Crippen LogP contribution in [0.1, 0.15) is 42.3 Å². The first-order valence-corrected chi connectivity index (χ1v) is 10.7. The van der Waals surface area contributed by atoms with Gasteiger partial charge < -0.3 is 14.8 Å². The maximum absolute atomic E-state index is 13.5. The number of benzene rings is 2. The van der Waals surface area contributed by atoms with Gasteiger partial charge in [0.2, 0.25) is 11.8 Å². The number of piperazine rings is 1. The van der Waals surface area contributed by atoms with Crippen molar-refractivity contribution in [2.45, 2.75) is 39.3 Å². The Labute approximate surface area is 176 Å². The van der Waals surface area contributed by atoms with Crippen LogP contribution >= 0.6 is 0 Å². The van der Waals surface area contributed by atoms with Gasteiger partial charge in [-0.25, -0.2) is 0 Å². The Morgan fingerprint density at radius 3 is 2.67 bits per heavy atom. The summed E-state index contributed by atoms with van der Waals surface area (Å²) >= 11 is 0. The highest BCUT2D eigenvalue weighted by Gasteiger charge is 2.48. The summed E-state index contributed by atoms with van der Waals surface area (Å²) in [6.45, 7) is 7.00. The molecule has 3 aromatic rings. The largest absolute Gasteiger partial charge is 0.356 e. The summed E-state index contributed by atoms with van der Waals surface area (Å²) in [5.41, 5.74) is 5.44. The molecule has 2 atom stereocenters. The first-order valence-electron chi connectivity index (χ1n) is 10.7. The topological polar surface area (TPSA) is 56.4 Å². The monoisotopic (exact) mass is 401 g/mol. The SMILES string of the molecule is Cc1cccc([C@H]2c3[nH]c4ccccc4c3C[C@H]3C(=O)N(CC(C)C)CC(=O)N23)c1. The summed E-state index contributed by atoms with van der Waals surface area (Å²) in [5.74, 6) is 0.418. The fraction of sp³-hybridized carbons (Fsp3) is 0.360. The molecule has 30 heavy (non-hydrogen) atoms. The minimum absolute atomic E-state index is 0.0241. The molecule has 0 spiro atoms. The third kappa shape index (κ3) is 2.92. The standard InChI is InChI=1S/C25H27N3O2/c1-15(2)13-27-14-22(29)28-21(25(27)30)12-19-18-9-4-5-10-20(18)26-23(19)24(28)17-8-6-7-16(3)11-17/h4-11,15,21,24,26H,12-14H2,1-3H3/t21-,24-/m0/s1. The van der Waals surface area contributed by atoms with Crippen LogP contribution in [0.25, 0.3) is 10.9 Å². The van der Waals surface area contributed by atoms with Crippen molar-refractivity contribution in [2.24, 2.45) is 5.92 Å². The number of aromatic amines is 1. The van der Waals surface area contributed by atoms with Gasteiger partial charge in [-0.15, -0.1) is 0 Å². The van der Waals surface area contributed by atoms with Crippen LogP contribution in [0.4, 0.5) is 0 Å². The van der Waals surface area contributed by atoms with Crippen LogP contribution in [0.3, 0.4) is 0 Å². The van der Waals surface area contributed by atoms with Gasteiger partial charge in [0.15, 0.2) is 0 Å². The lowest BCUT2D eigenvalue weighted by Gasteiger charge is -2.47. The number of hydrogen-bond donors (Lipinski definition) is 1. The van der Waals surface area contributed by atoms with E-state index in [1.54, 1.807) is 4.90 Å². The summed E-state index contributed by atoms with van der Waals surface area (Å²) in [6, 6.07) is 15.8. The van der Waals surface area contributed by atoms with Gasteiger partial charge in [-0.3, -0.25) is 9.59 Å². The molecule has 5 heteroatoms. The molecule has 1 aromatic heterocycles. The van der Waals surface area contributed by atoms with E-state index in [9.17, 15) is 9.59 Å². The highest BCUT2D eigenvalue weighted by atomic mass is 16.2. The molecule has 0 radical (unpaired) electrons. The molecule has 5 nitrogen and oxygen atoms in total. The molecule has 1 saturated heterocycles. The molecule has 5 rings (SSSR count). The Balaban J connectivity index is 1.69. The summed E-state index contributed by atoms with van der Waals surface area (Å²) in [4.78, 5) is 34.0. The molecule has 1 fully saturated rings. The molecular formula is C25H27N3O2. The molecule has 154 valence electrons. The Morgan fingerprint density at radius 1 is 1.10 bits per heavy atom. The number of aromatic nitrogens is 1. The maximum Gasteiger partial charge on any atom is 0.246 e. The molecule has 2 amide bonds. The zero-order valence-electron chi connectivity index (χ0n) is 17.7. The normalized spacial score (nSPS) is 21.3. The molecule has 1 N–H and O–H groups in total. The van der Waals surface area contributed by atoms with Crippen molar-refractivity contribution in [1.82, 2.24) is 14.8 Å². The molecule has 0 aliphatic carbocycles. The highest BCUT2D eigenvalue weighted by Crippen LogP contribution is 2.42.